The van der Waals surface area contributed by atoms with Gasteiger partial charge < -0.3 is 9.72 Å². The maximum Gasteiger partial charge on any atom is 0.137 e. The second kappa shape index (κ2) is 5.84. The Balaban J connectivity index is 1.71. The third-order valence-corrected chi connectivity index (χ3v) is 3.63. The summed E-state index contributed by atoms with van der Waals surface area (Å²) in [4.78, 5) is 4.50. The first-order valence-corrected chi connectivity index (χ1v) is 7.11. The van der Waals surface area contributed by atoms with Crippen molar-refractivity contribution in [1.82, 2.24) is 14.7 Å². The molecule has 21 heavy (non-hydrogen) atoms. The molecule has 0 aliphatic carbocycles. The Labute approximate surface area is 127 Å². The molecule has 0 fully saturated rings. The minimum Gasteiger partial charge on any atom is -0.305 e. The van der Waals surface area contributed by atoms with Crippen molar-refractivity contribution >= 4 is 17.2 Å². The lowest BCUT2D eigenvalue weighted by atomic mass is 10.1. The van der Waals surface area contributed by atoms with E-state index in [0.717, 1.165) is 16.9 Å². The molecule has 0 saturated carbocycles. The van der Waals surface area contributed by atoms with Gasteiger partial charge in [0.15, 0.2) is 0 Å². The van der Waals surface area contributed by atoms with Gasteiger partial charge in [0.2, 0.25) is 0 Å². The number of imidazole rings is 1. The molecule has 1 aromatic carbocycles. The van der Waals surface area contributed by atoms with Gasteiger partial charge in [-0.25, -0.2) is 9.37 Å². The second-order valence-electron chi connectivity index (χ2n) is 5.00. The van der Waals surface area contributed by atoms with Gasteiger partial charge in [-0.2, -0.15) is 0 Å². The molecule has 1 N–H and O–H groups in total. The standard InChI is InChI=1S/C16H15ClFN3/c1-11(12-3-2-4-14(18)7-12)19-8-15-10-21-9-13(17)5-6-16(21)20-15/h2-7,9-11,19H,8H2,1H3/t11-/m0/s1. The molecule has 2 heterocycles. The number of nitrogens with one attached hydrogen (secondary N) is 1. The highest BCUT2D eigenvalue weighted by molar-refractivity contribution is 6.30. The van der Waals surface area contributed by atoms with Crippen LogP contribution in [-0.2, 0) is 6.54 Å². The van der Waals surface area contributed by atoms with E-state index in [-0.39, 0.29) is 11.9 Å². The van der Waals surface area contributed by atoms with Gasteiger partial charge in [-0.15, -0.1) is 0 Å². The Kier molecular flexibility index (Phi) is 3.90. The number of hydrogen-bond acceptors (Lipinski definition) is 2. The van der Waals surface area contributed by atoms with Gasteiger partial charge in [-0.3, -0.25) is 0 Å². The zero-order valence-electron chi connectivity index (χ0n) is 11.6. The van der Waals surface area contributed by atoms with Crippen molar-refractivity contribution in [3.8, 4) is 0 Å². The monoisotopic (exact) mass is 303 g/mol. The van der Waals surface area contributed by atoms with Crippen molar-refractivity contribution in [2.45, 2.75) is 19.5 Å². The van der Waals surface area contributed by atoms with E-state index in [0.29, 0.717) is 11.6 Å². The normalized spacial score (nSPS) is 12.7. The molecule has 0 radical (unpaired) electrons. The van der Waals surface area contributed by atoms with Crippen LogP contribution in [-0.4, -0.2) is 9.38 Å². The van der Waals surface area contributed by atoms with Gasteiger partial charge in [-0.1, -0.05) is 23.7 Å². The van der Waals surface area contributed by atoms with Crippen LogP contribution >= 0.6 is 11.6 Å². The highest BCUT2D eigenvalue weighted by Crippen LogP contribution is 2.15. The summed E-state index contributed by atoms with van der Waals surface area (Å²) in [6.45, 7) is 2.61. The molecule has 3 nitrogen and oxygen atoms in total. The van der Waals surface area contributed by atoms with E-state index in [1.165, 1.54) is 6.07 Å². The summed E-state index contributed by atoms with van der Waals surface area (Å²) in [6, 6.07) is 10.4. The zero-order valence-corrected chi connectivity index (χ0v) is 12.3. The van der Waals surface area contributed by atoms with Crippen LogP contribution in [0.5, 0.6) is 0 Å². The van der Waals surface area contributed by atoms with Crippen LogP contribution in [0.3, 0.4) is 0 Å². The van der Waals surface area contributed by atoms with Crippen molar-refractivity contribution in [3.63, 3.8) is 0 Å². The number of aromatic nitrogens is 2. The van der Waals surface area contributed by atoms with Crippen molar-refractivity contribution in [2.75, 3.05) is 0 Å². The van der Waals surface area contributed by atoms with Crippen molar-refractivity contribution < 1.29 is 4.39 Å². The lowest BCUT2D eigenvalue weighted by Gasteiger charge is -2.13. The van der Waals surface area contributed by atoms with Crippen LogP contribution in [0.25, 0.3) is 5.65 Å². The molecular weight excluding hydrogens is 289 g/mol. The van der Waals surface area contributed by atoms with Crippen molar-refractivity contribution in [2.24, 2.45) is 0 Å². The van der Waals surface area contributed by atoms with Crippen LogP contribution in [0.4, 0.5) is 4.39 Å². The molecule has 2 aromatic heterocycles. The molecule has 0 spiro atoms. The van der Waals surface area contributed by atoms with Gasteiger partial charge in [0.25, 0.3) is 0 Å². The summed E-state index contributed by atoms with van der Waals surface area (Å²) >= 11 is 5.95. The Morgan fingerprint density at radius 1 is 1.29 bits per heavy atom. The van der Waals surface area contributed by atoms with Gasteiger partial charge in [0.05, 0.1) is 10.7 Å². The number of halogens is 2. The quantitative estimate of drug-likeness (QED) is 0.790. The molecule has 0 saturated heterocycles. The van der Waals surface area contributed by atoms with Crippen LogP contribution in [0.1, 0.15) is 24.2 Å². The second-order valence-corrected chi connectivity index (χ2v) is 5.44. The van der Waals surface area contributed by atoms with Gasteiger partial charge in [0.1, 0.15) is 11.5 Å². The Morgan fingerprint density at radius 3 is 2.95 bits per heavy atom. The fourth-order valence-corrected chi connectivity index (χ4v) is 2.42. The number of rotatable bonds is 4. The fourth-order valence-electron chi connectivity index (χ4n) is 2.25. The number of benzene rings is 1. The third-order valence-electron chi connectivity index (χ3n) is 3.40. The largest absolute Gasteiger partial charge is 0.305 e. The number of nitrogens with zero attached hydrogens (tertiary/aromatic N) is 2. The molecule has 0 unspecified atom stereocenters. The molecule has 3 rings (SSSR count). The Bertz CT molecular complexity index is 769. The zero-order chi connectivity index (χ0) is 14.8. The maximum atomic E-state index is 13.2. The first kappa shape index (κ1) is 14.0. The molecular formula is C16H15ClFN3. The lowest BCUT2D eigenvalue weighted by Crippen LogP contribution is -2.18. The molecule has 1 atom stereocenters. The summed E-state index contributed by atoms with van der Waals surface area (Å²) < 4.78 is 15.1. The van der Waals surface area contributed by atoms with Crippen molar-refractivity contribution in [3.05, 3.63) is 70.9 Å². The van der Waals surface area contributed by atoms with E-state index in [4.69, 9.17) is 11.6 Å². The predicted octanol–water partition coefficient (Wildman–Crippen LogP) is 3.98. The van der Waals surface area contributed by atoms with Crippen LogP contribution in [0.2, 0.25) is 5.02 Å². The van der Waals surface area contributed by atoms with Gasteiger partial charge >= 0.3 is 0 Å². The average Bonchev–Trinajstić information content (AvgIpc) is 2.86. The van der Waals surface area contributed by atoms with E-state index < -0.39 is 0 Å². The van der Waals surface area contributed by atoms with Crippen LogP contribution in [0.15, 0.2) is 48.8 Å². The van der Waals surface area contributed by atoms with Crippen LogP contribution in [0, 0.1) is 5.82 Å². The van der Waals surface area contributed by atoms with E-state index in [1.54, 1.807) is 12.1 Å². The first-order chi connectivity index (χ1) is 10.1. The van der Waals surface area contributed by atoms with Crippen molar-refractivity contribution in [1.29, 1.82) is 0 Å². The minimum atomic E-state index is -0.219. The van der Waals surface area contributed by atoms with E-state index >= 15 is 0 Å². The SMILES string of the molecule is C[C@H](NCc1cn2cc(Cl)ccc2n1)c1cccc(F)c1. The van der Waals surface area contributed by atoms with E-state index in [2.05, 4.69) is 10.3 Å². The molecule has 0 bridgehead atoms. The topological polar surface area (TPSA) is 29.3 Å². The lowest BCUT2D eigenvalue weighted by molar-refractivity contribution is 0.560. The van der Waals surface area contributed by atoms with E-state index in [9.17, 15) is 4.39 Å². The highest BCUT2D eigenvalue weighted by Gasteiger charge is 2.07. The Morgan fingerprint density at radius 2 is 2.14 bits per heavy atom. The highest BCUT2D eigenvalue weighted by atomic mass is 35.5. The summed E-state index contributed by atoms with van der Waals surface area (Å²) in [6.07, 6.45) is 3.76. The number of fused-ring (bicyclic) bond motifs is 1. The third kappa shape index (κ3) is 3.23. The molecule has 3 aromatic rings. The summed E-state index contributed by atoms with van der Waals surface area (Å²) in [5.41, 5.74) is 2.69. The minimum absolute atomic E-state index is 0.0501. The molecule has 108 valence electrons. The number of pyridine rings is 1. The number of hydrogen-bond donors (Lipinski definition) is 1. The smallest absolute Gasteiger partial charge is 0.137 e. The average molecular weight is 304 g/mol. The fraction of sp³-hybridized carbons (Fsp3) is 0.188. The molecule has 5 heteroatoms. The molecule has 0 aliphatic rings. The Hall–Kier alpha value is -1.91. The summed E-state index contributed by atoms with van der Waals surface area (Å²) in [7, 11) is 0. The summed E-state index contributed by atoms with van der Waals surface area (Å²) in [5, 5.41) is 4.02. The van der Waals surface area contributed by atoms with Crippen LogP contribution < -0.4 is 5.32 Å². The summed E-state index contributed by atoms with van der Waals surface area (Å²) in [5.74, 6) is -0.219. The molecule has 0 aliphatic heterocycles. The van der Waals surface area contributed by atoms with Gasteiger partial charge in [0, 0.05) is 25.0 Å². The van der Waals surface area contributed by atoms with Gasteiger partial charge in [-0.05, 0) is 36.8 Å². The maximum absolute atomic E-state index is 13.2. The molecule has 0 amide bonds. The first-order valence-electron chi connectivity index (χ1n) is 6.74. The van der Waals surface area contributed by atoms with E-state index in [1.807, 2.05) is 41.9 Å². The predicted molar refractivity (Wildman–Crippen MR) is 81.9 cm³/mol.